The van der Waals surface area contributed by atoms with Crippen molar-refractivity contribution >= 4 is 40.0 Å². The third-order valence-electron chi connectivity index (χ3n) is 3.83. The minimum atomic E-state index is -0.147. The van der Waals surface area contributed by atoms with Crippen LogP contribution in [0.5, 0.6) is 0 Å². The fraction of sp³-hybridized carbons (Fsp3) is 0.333. The lowest BCUT2D eigenvalue weighted by atomic mass is 10.1. The van der Waals surface area contributed by atoms with E-state index >= 15 is 0 Å². The van der Waals surface area contributed by atoms with Crippen LogP contribution in [0.1, 0.15) is 42.1 Å². The second-order valence-corrected chi connectivity index (χ2v) is 7.81. The molecule has 3 aromatic rings. The molecule has 0 aliphatic heterocycles. The molecule has 1 aromatic carbocycles. The number of aryl methyl sites for hydroxylation is 1. The van der Waals surface area contributed by atoms with E-state index < -0.39 is 0 Å². The second-order valence-electron chi connectivity index (χ2n) is 5.73. The number of thiazole rings is 1. The largest absolute Gasteiger partial charge is 0.451 e. The Balaban J connectivity index is 1.91. The summed E-state index contributed by atoms with van der Waals surface area (Å²) in [5.74, 6) is 0.927. The summed E-state index contributed by atoms with van der Waals surface area (Å²) >= 11 is 3.26. The number of fused-ring (bicyclic) bond motifs is 1. The van der Waals surface area contributed by atoms with Crippen LogP contribution in [0, 0.1) is 6.92 Å². The molecule has 3 rings (SSSR count). The fourth-order valence-electron chi connectivity index (χ4n) is 2.35. The van der Waals surface area contributed by atoms with Gasteiger partial charge in [-0.3, -0.25) is 4.79 Å². The van der Waals surface area contributed by atoms with Gasteiger partial charge in [0.1, 0.15) is 9.92 Å². The summed E-state index contributed by atoms with van der Waals surface area (Å²) in [4.78, 5) is 17.1. The second kappa shape index (κ2) is 7.40. The van der Waals surface area contributed by atoms with Gasteiger partial charge in [-0.1, -0.05) is 36.9 Å². The van der Waals surface area contributed by atoms with Crippen LogP contribution in [0.15, 0.2) is 38.4 Å². The third-order valence-corrected chi connectivity index (χ3v) is 6.00. The molecule has 6 heteroatoms. The van der Waals surface area contributed by atoms with Gasteiger partial charge in [0, 0.05) is 33.8 Å². The van der Waals surface area contributed by atoms with Gasteiger partial charge in [-0.2, -0.15) is 0 Å². The molecule has 0 fully saturated rings. The van der Waals surface area contributed by atoms with Gasteiger partial charge in [-0.15, -0.1) is 11.3 Å². The standard InChI is InChI=1S/C18H20N2O2S2/c1-4-11(2)19-17(21)16-14(10-24-18-20-12(3)9-23-18)13-7-5-6-8-15(13)22-16/h5-9,11H,4,10H2,1-3H3,(H,19,21)/t11-/m1/s1. The summed E-state index contributed by atoms with van der Waals surface area (Å²) in [6, 6.07) is 7.91. The summed E-state index contributed by atoms with van der Waals surface area (Å²) in [7, 11) is 0. The molecule has 4 nitrogen and oxygen atoms in total. The number of benzene rings is 1. The van der Waals surface area contributed by atoms with Crippen molar-refractivity contribution in [1.29, 1.82) is 0 Å². The third kappa shape index (κ3) is 3.65. The van der Waals surface area contributed by atoms with Gasteiger partial charge in [-0.05, 0) is 26.3 Å². The normalized spacial score (nSPS) is 12.5. The van der Waals surface area contributed by atoms with Crippen LogP contribution in [0.25, 0.3) is 11.0 Å². The molecule has 0 unspecified atom stereocenters. The molecule has 0 saturated carbocycles. The Morgan fingerprint density at radius 1 is 1.42 bits per heavy atom. The molecule has 1 atom stereocenters. The zero-order valence-electron chi connectivity index (χ0n) is 14.0. The zero-order valence-corrected chi connectivity index (χ0v) is 15.6. The van der Waals surface area contributed by atoms with E-state index in [1.807, 2.05) is 50.4 Å². The van der Waals surface area contributed by atoms with E-state index in [4.69, 9.17) is 4.42 Å². The molecule has 0 bridgehead atoms. The Bertz CT molecular complexity index is 854. The van der Waals surface area contributed by atoms with E-state index in [2.05, 4.69) is 10.3 Å². The summed E-state index contributed by atoms with van der Waals surface area (Å²) in [6.45, 7) is 6.03. The fourth-order valence-corrected chi connectivity index (χ4v) is 4.23. The number of carbonyl (C=O) groups excluding carboxylic acids is 1. The van der Waals surface area contributed by atoms with Crippen molar-refractivity contribution < 1.29 is 9.21 Å². The van der Waals surface area contributed by atoms with Crippen molar-refractivity contribution in [3.63, 3.8) is 0 Å². The highest BCUT2D eigenvalue weighted by molar-refractivity contribution is 8.00. The number of para-hydroxylation sites is 1. The van der Waals surface area contributed by atoms with E-state index in [1.54, 1.807) is 23.1 Å². The molecular formula is C18H20N2O2S2. The number of thioether (sulfide) groups is 1. The van der Waals surface area contributed by atoms with Crippen molar-refractivity contribution in [1.82, 2.24) is 10.3 Å². The molecule has 0 aliphatic rings. The summed E-state index contributed by atoms with van der Waals surface area (Å²) in [6.07, 6.45) is 0.883. The molecule has 126 valence electrons. The maximum Gasteiger partial charge on any atom is 0.287 e. The minimum absolute atomic E-state index is 0.118. The van der Waals surface area contributed by atoms with Crippen molar-refractivity contribution in [3.8, 4) is 0 Å². The van der Waals surface area contributed by atoms with Crippen molar-refractivity contribution in [2.24, 2.45) is 0 Å². The molecule has 24 heavy (non-hydrogen) atoms. The van der Waals surface area contributed by atoms with Crippen LogP contribution in [-0.2, 0) is 5.75 Å². The average Bonchev–Trinajstić information content (AvgIpc) is 3.16. The van der Waals surface area contributed by atoms with Gasteiger partial charge >= 0.3 is 0 Å². The topological polar surface area (TPSA) is 55.1 Å². The zero-order chi connectivity index (χ0) is 17.1. The van der Waals surface area contributed by atoms with E-state index in [0.29, 0.717) is 11.5 Å². The Morgan fingerprint density at radius 2 is 2.21 bits per heavy atom. The Kier molecular flexibility index (Phi) is 5.26. The van der Waals surface area contributed by atoms with Crippen molar-refractivity contribution in [3.05, 3.63) is 46.7 Å². The lowest BCUT2D eigenvalue weighted by molar-refractivity contribution is 0.0912. The SMILES string of the molecule is CC[C@@H](C)NC(=O)c1oc2ccccc2c1CSc1nc(C)cs1. The maximum absolute atomic E-state index is 12.6. The predicted octanol–water partition coefficient (Wildman–Crippen LogP) is 5.02. The highest BCUT2D eigenvalue weighted by Crippen LogP contribution is 2.33. The molecule has 0 saturated heterocycles. The number of hydrogen-bond acceptors (Lipinski definition) is 5. The first-order chi connectivity index (χ1) is 11.6. The summed E-state index contributed by atoms with van der Waals surface area (Å²) in [5.41, 5.74) is 2.70. The Hall–Kier alpha value is -1.79. The molecular weight excluding hydrogens is 340 g/mol. The van der Waals surface area contributed by atoms with Crippen LogP contribution in [0.2, 0.25) is 0 Å². The number of nitrogens with zero attached hydrogens (tertiary/aromatic N) is 1. The van der Waals surface area contributed by atoms with Crippen LogP contribution < -0.4 is 5.32 Å². The van der Waals surface area contributed by atoms with E-state index in [9.17, 15) is 4.79 Å². The molecule has 1 N–H and O–H groups in total. The number of rotatable bonds is 6. The number of carbonyl (C=O) groups is 1. The number of amides is 1. The molecule has 0 radical (unpaired) electrons. The van der Waals surface area contributed by atoms with Crippen molar-refractivity contribution in [2.75, 3.05) is 0 Å². The van der Waals surface area contributed by atoms with Gasteiger partial charge in [0.25, 0.3) is 5.91 Å². The number of aromatic nitrogens is 1. The van der Waals surface area contributed by atoms with Gasteiger partial charge in [0.05, 0.1) is 0 Å². The number of furan rings is 1. The van der Waals surface area contributed by atoms with Crippen LogP contribution in [-0.4, -0.2) is 16.9 Å². The summed E-state index contributed by atoms with van der Waals surface area (Å²) < 4.78 is 6.86. The van der Waals surface area contributed by atoms with E-state index in [-0.39, 0.29) is 11.9 Å². The number of nitrogens with one attached hydrogen (secondary N) is 1. The van der Waals surface area contributed by atoms with Gasteiger partial charge in [0.2, 0.25) is 0 Å². The van der Waals surface area contributed by atoms with Crippen molar-refractivity contribution in [2.45, 2.75) is 43.3 Å². The van der Waals surface area contributed by atoms with Crippen LogP contribution in [0.3, 0.4) is 0 Å². The number of hydrogen-bond donors (Lipinski definition) is 1. The van der Waals surface area contributed by atoms with Gasteiger partial charge in [-0.25, -0.2) is 4.98 Å². The molecule has 0 spiro atoms. The lowest BCUT2D eigenvalue weighted by Crippen LogP contribution is -2.32. The highest BCUT2D eigenvalue weighted by atomic mass is 32.2. The first-order valence-corrected chi connectivity index (χ1v) is 9.81. The smallest absolute Gasteiger partial charge is 0.287 e. The quantitative estimate of drug-likeness (QED) is 0.627. The highest BCUT2D eigenvalue weighted by Gasteiger charge is 2.21. The maximum atomic E-state index is 12.6. The minimum Gasteiger partial charge on any atom is -0.451 e. The lowest BCUT2D eigenvalue weighted by Gasteiger charge is -2.10. The average molecular weight is 361 g/mol. The van der Waals surface area contributed by atoms with Crippen LogP contribution in [0.4, 0.5) is 0 Å². The monoisotopic (exact) mass is 360 g/mol. The van der Waals surface area contributed by atoms with Gasteiger partial charge in [0.15, 0.2) is 5.76 Å². The van der Waals surface area contributed by atoms with E-state index in [0.717, 1.165) is 33.0 Å². The molecule has 2 heterocycles. The van der Waals surface area contributed by atoms with E-state index in [1.165, 1.54) is 0 Å². The van der Waals surface area contributed by atoms with Gasteiger partial charge < -0.3 is 9.73 Å². The van der Waals surface area contributed by atoms with Crippen LogP contribution >= 0.6 is 23.1 Å². The first kappa shape index (κ1) is 17.0. The Labute approximate surface area is 149 Å². The summed E-state index contributed by atoms with van der Waals surface area (Å²) in [5, 5.41) is 6.02. The molecule has 1 amide bonds. The predicted molar refractivity (Wildman–Crippen MR) is 99.8 cm³/mol. The first-order valence-electron chi connectivity index (χ1n) is 7.94. The Morgan fingerprint density at radius 3 is 2.92 bits per heavy atom. The molecule has 0 aliphatic carbocycles. The molecule has 2 aromatic heterocycles.